The fourth-order valence-electron chi connectivity index (χ4n) is 2.89. The second-order valence-corrected chi connectivity index (χ2v) is 5.82. The van der Waals surface area contributed by atoms with Gasteiger partial charge in [-0.2, -0.15) is 20.0 Å². The normalized spacial score (nSPS) is 11.0. The van der Waals surface area contributed by atoms with Gasteiger partial charge in [0, 0.05) is 31.3 Å². The SMILES string of the molecule is CCc1c(C)nn2c(N)c(C#N)c(NCCc3ccn(CC)n3)nc12. The lowest BCUT2D eigenvalue weighted by Crippen LogP contribution is -2.13. The molecule has 0 spiro atoms. The van der Waals surface area contributed by atoms with Crippen molar-refractivity contribution in [3.05, 3.63) is 34.8 Å². The Bertz CT molecular complexity index is 944. The van der Waals surface area contributed by atoms with Crippen LogP contribution in [0, 0.1) is 18.3 Å². The Morgan fingerprint density at radius 2 is 2.12 bits per heavy atom. The maximum absolute atomic E-state index is 9.48. The van der Waals surface area contributed by atoms with Gasteiger partial charge in [0.25, 0.3) is 0 Å². The lowest BCUT2D eigenvalue weighted by Gasteiger charge is -2.10. The van der Waals surface area contributed by atoms with E-state index in [1.54, 1.807) is 4.52 Å². The van der Waals surface area contributed by atoms with Gasteiger partial charge in [0.15, 0.2) is 5.65 Å². The van der Waals surface area contributed by atoms with Crippen LogP contribution in [0.3, 0.4) is 0 Å². The maximum Gasteiger partial charge on any atom is 0.163 e. The Hall–Kier alpha value is -3.08. The molecular formula is C17H22N8. The molecular weight excluding hydrogens is 316 g/mol. The molecule has 0 saturated heterocycles. The van der Waals surface area contributed by atoms with Crippen LogP contribution in [0.15, 0.2) is 12.3 Å². The number of nitrogens with one attached hydrogen (secondary N) is 1. The Morgan fingerprint density at radius 1 is 1.32 bits per heavy atom. The van der Waals surface area contributed by atoms with Crippen molar-refractivity contribution in [1.82, 2.24) is 24.4 Å². The number of nitrogens with zero attached hydrogens (tertiary/aromatic N) is 6. The number of hydrogen-bond donors (Lipinski definition) is 2. The van der Waals surface area contributed by atoms with E-state index in [4.69, 9.17) is 5.73 Å². The lowest BCUT2D eigenvalue weighted by molar-refractivity contribution is 0.647. The molecule has 0 saturated carbocycles. The van der Waals surface area contributed by atoms with Crippen LogP contribution in [-0.4, -0.2) is 30.9 Å². The first-order chi connectivity index (χ1) is 12.1. The third kappa shape index (κ3) is 3.01. The minimum atomic E-state index is 0.313. The molecule has 8 heteroatoms. The second-order valence-electron chi connectivity index (χ2n) is 5.82. The van der Waals surface area contributed by atoms with Crippen LogP contribution < -0.4 is 11.1 Å². The van der Waals surface area contributed by atoms with Gasteiger partial charge in [-0.1, -0.05) is 6.92 Å². The molecule has 8 nitrogen and oxygen atoms in total. The predicted molar refractivity (Wildman–Crippen MR) is 96.3 cm³/mol. The number of hydrogen-bond acceptors (Lipinski definition) is 6. The molecule has 0 unspecified atom stereocenters. The zero-order valence-electron chi connectivity index (χ0n) is 14.7. The molecule has 3 rings (SSSR count). The number of aryl methyl sites for hydroxylation is 3. The summed E-state index contributed by atoms with van der Waals surface area (Å²) in [5.41, 5.74) is 10.1. The van der Waals surface area contributed by atoms with Crippen LogP contribution in [0.1, 0.15) is 36.4 Å². The van der Waals surface area contributed by atoms with Gasteiger partial charge in [-0.25, -0.2) is 4.98 Å². The highest BCUT2D eigenvalue weighted by atomic mass is 15.3. The lowest BCUT2D eigenvalue weighted by atomic mass is 10.2. The summed E-state index contributed by atoms with van der Waals surface area (Å²) in [6, 6.07) is 4.13. The van der Waals surface area contributed by atoms with E-state index < -0.39 is 0 Å². The average Bonchev–Trinajstić information content (AvgIpc) is 3.19. The number of rotatable bonds is 6. The highest BCUT2D eigenvalue weighted by molar-refractivity contribution is 5.69. The van der Waals surface area contributed by atoms with Crippen molar-refractivity contribution in [2.24, 2.45) is 0 Å². The molecule has 3 heterocycles. The van der Waals surface area contributed by atoms with Crippen LogP contribution in [-0.2, 0) is 19.4 Å². The molecule has 0 radical (unpaired) electrons. The molecule has 3 N–H and O–H groups in total. The maximum atomic E-state index is 9.48. The molecule has 25 heavy (non-hydrogen) atoms. The Morgan fingerprint density at radius 3 is 2.76 bits per heavy atom. The molecule has 130 valence electrons. The summed E-state index contributed by atoms with van der Waals surface area (Å²) in [6.07, 6.45) is 3.51. The summed E-state index contributed by atoms with van der Waals surface area (Å²) >= 11 is 0. The van der Waals surface area contributed by atoms with Crippen molar-refractivity contribution >= 4 is 17.3 Å². The van der Waals surface area contributed by atoms with Gasteiger partial charge in [0.2, 0.25) is 0 Å². The van der Waals surface area contributed by atoms with Crippen LogP contribution in [0.25, 0.3) is 5.65 Å². The summed E-state index contributed by atoms with van der Waals surface area (Å²) in [5.74, 6) is 0.810. The number of aromatic nitrogens is 5. The minimum absolute atomic E-state index is 0.313. The van der Waals surface area contributed by atoms with E-state index in [1.807, 2.05) is 23.9 Å². The first-order valence-corrected chi connectivity index (χ1v) is 8.43. The molecule has 0 aromatic carbocycles. The smallest absolute Gasteiger partial charge is 0.163 e. The third-order valence-electron chi connectivity index (χ3n) is 4.25. The minimum Gasteiger partial charge on any atom is -0.382 e. The largest absolute Gasteiger partial charge is 0.382 e. The zero-order chi connectivity index (χ0) is 18.0. The zero-order valence-corrected chi connectivity index (χ0v) is 14.7. The van der Waals surface area contributed by atoms with Crippen molar-refractivity contribution in [2.75, 3.05) is 17.6 Å². The Balaban J connectivity index is 1.88. The molecule has 0 aliphatic carbocycles. The van der Waals surface area contributed by atoms with Gasteiger partial charge in [-0.3, -0.25) is 4.68 Å². The van der Waals surface area contributed by atoms with Gasteiger partial charge >= 0.3 is 0 Å². The van der Waals surface area contributed by atoms with Crippen LogP contribution in [0.4, 0.5) is 11.6 Å². The standard InChI is InChI=1S/C17H22N8/c1-4-13-11(3)22-25-15(19)14(10-18)16(21-17(13)25)20-8-6-12-7-9-24(5-2)23-12/h7,9H,4-6,8,19H2,1-3H3,(H,20,21). The van der Waals surface area contributed by atoms with Crippen molar-refractivity contribution in [3.63, 3.8) is 0 Å². The fraction of sp³-hybridized carbons (Fsp3) is 0.412. The van der Waals surface area contributed by atoms with Crippen molar-refractivity contribution in [1.29, 1.82) is 5.26 Å². The molecule has 0 amide bonds. The number of anilines is 2. The predicted octanol–water partition coefficient (Wildman–Crippen LogP) is 1.92. The molecule has 3 aromatic heterocycles. The Labute approximate surface area is 146 Å². The van der Waals surface area contributed by atoms with E-state index in [1.165, 1.54) is 0 Å². The molecule has 3 aromatic rings. The molecule has 0 aliphatic heterocycles. The summed E-state index contributed by atoms with van der Waals surface area (Å²) in [5, 5.41) is 21.6. The summed E-state index contributed by atoms with van der Waals surface area (Å²) < 4.78 is 3.45. The highest BCUT2D eigenvalue weighted by Crippen LogP contribution is 2.24. The molecule has 0 atom stereocenters. The number of fused-ring (bicyclic) bond motifs is 1. The quantitative estimate of drug-likeness (QED) is 0.710. The first-order valence-electron chi connectivity index (χ1n) is 8.43. The molecule has 0 bridgehead atoms. The van der Waals surface area contributed by atoms with Crippen molar-refractivity contribution in [2.45, 2.75) is 40.2 Å². The average molecular weight is 338 g/mol. The van der Waals surface area contributed by atoms with E-state index in [2.05, 4.69) is 40.4 Å². The van der Waals surface area contributed by atoms with E-state index >= 15 is 0 Å². The van der Waals surface area contributed by atoms with E-state index in [0.717, 1.165) is 36.3 Å². The van der Waals surface area contributed by atoms with Gasteiger partial charge in [-0.15, -0.1) is 0 Å². The van der Waals surface area contributed by atoms with Gasteiger partial charge in [0.1, 0.15) is 23.3 Å². The molecule has 0 aliphatic rings. The van der Waals surface area contributed by atoms with E-state index in [0.29, 0.717) is 29.4 Å². The summed E-state index contributed by atoms with van der Waals surface area (Å²) in [4.78, 5) is 4.61. The molecule has 0 fully saturated rings. The van der Waals surface area contributed by atoms with Crippen LogP contribution >= 0.6 is 0 Å². The van der Waals surface area contributed by atoms with E-state index in [9.17, 15) is 5.26 Å². The summed E-state index contributed by atoms with van der Waals surface area (Å²) in [6.45, 7) is 7.50. The van der Waals surface area contributed by atoms with Gasteiger partial charge in [-0.05, 0) is 26.3 Å². The van der Waals surface area contributed by atoms with Crippen molar-refractivity contribution in [3.8, 4) is 6.07 Å². The van der Waals surface area contributed by atoms with Crippen molar-refractivity contribution < 1.29 is 0 Å². The number of nitrogens with two attached hydrogens (primary N) is 1. The van der Waals surface area contributed by atoms with Gasteiger partial charge < -0.3 is 11.1 Å². The topological polar surface area (TPSA) is 110 Å². The monoisotopic (exact) mass is 338 g/mol. The number of nitrogen functional groups attached to an aromatic ring is 1. The second kappa shape index (κ2) is 6.81. The van der Waals surface area contributed by atoms with Crippen LogP contribution in [0.5, 0.6) is 0 Å². The first kappa shape index (κ1) is 16.8. The number of nitriles is 1. The summed E-state index contributed by atoms with van der Waals surface area (Å²) in [7, 11) is 0. The van der Waals surface area contributed by atoms with Gasteiger partial charge in [0.05, 0.1) is 11.4 Å². The fourth-order valence-corrected chi connectivity index (χ4v) is 2.89. The van der Waals surface area contributed by atoms with E-state index in [-0.39, 0.29) is 0 Å². The van der Waals surface area contributed by atoms with Crippen LogP contribution in [0.2, 0.25) is 0 Å². The Kier molecular flexibility index (Phi) is 4.57. The highest BCUT2D eigenvalue weighted by Gasteiger charge is 2.18. The third-order valence-corrected chi connectivity index (χ3v) is 4.25.